The van der Waals surface area contributed by atoms with E-state index in [4.69, 9.17) is 4.74 Å². The first-order valence-electron chi connectivity index (χ1n) is 10.2. The molecule has 0 spiro atoms. The monoisotopic (exact) mass is 491 g/mol. The number of carbonyl (C=O) groups is 1. The van der Waals surface area contributed by atoms with Crippen molar-refractivity contribution in [1.82, 2.24) is 14.9 Å². The van der Waals surface area contributed by atoms with E-state index in [1.165, 1.54) is 11.0 Å². The zero-order valence-corrected chi connectivity index (χ0v) is 18.6. The first-order chi connectivity index (χ1) is 15.6. The van der Waals surface area contributed by atoms with Crippen LogP contribution in [0.3, 0.4) is 0 Å². The van der Waals surface area contributed by atoms with Gasteiger partial charge >= 0.3 is 18.4 Å². The minimum atomic E-state index is -4.74. The highest BCUT2D eigenvalue weighted by Crippen LogP contribution is 2.37. The number of alkyl halides is 6. The van der Waals surface area contributed by atoms with Crippen molar-refractivity contribution in [3.8, 4) is 0 Å². The number of amides is 1. The Morgan fingerprint density at radius 1 is 0.971 bits per heavy atom. The second-order valence-electron chi connectivity index (χ2n) is 8.57. The number of hydrogen-bond donors (Lipinski definition) is 1. The van der Waals surface area contributed by atoms with E-state index in [1.807, 2.05) is 0 Å². The lowest BCUT2D eigenvalue weighted by Gasteiger charge is -2.37. The zero-order valence-electron chi connectivity index (χ0n) is 18.6. The highest BCUT2D eigenvalue weighted by molar-refractivity contribution is 5.75. The smallest absolute Gasteiger partial charge is 0.433 e. The fraction of sp³-hybridized carbons (Fsp3) is 0.476. The number of rotatable bonds is 3. The third kappa shape index (κ3) is 6.41. The lowest BCUT2D eigenvalue weighted by Crippen LogP contribution is -2.50. The van der Waals surface area contributed by atoms with E-state index in [-0.39, 0.29) is 31.9 Å². The van der Waals surface area contributed by atoms with Crippen molar-refractivity contribution in [2.75, 3.05) is 36.4 Å². The van der Waals surface area contributed by atoms with E-state index >= 15 is 0 Å². The average Bonchev–Trinajstić information content (AvgIpc) is 2.71. The van der Waals surface area contributed by atoms with Crippen LogP contribution in [0.2, 0.25) is 0 Å². The highest BCUT2D eigenvalue weighted by Gasteiger charge is 2.34. The van der Waals surface area contributed by atoms with Gasteiger partial charge in [0.25, 0.3) is 0 Å². The van der Waals surface area contributed by atoms with E-state index in [1.54, 1.807) is 25.7 Å². The van der Waals surface area contributed by atoms with Gasteiger partial charge in [-0.3, -0.25) is 0 Å². The molecule has 0 saturated carbocycles. The molecule has 2 heterocycles. The Balaban J connectivity index is 1.85. The van der Waals surface area contributed by atoms with Crippen LogP contribution >= 0.6 is 0 Å². The molecule has 1 aromatic carbocycles. The largest absolute Gasteiger partial charge is 0.444 e. The predicted molar refractivity (Wildman–Crippen MR) is 112 cm³/mol. The van der Waals surface area contributed by atoms with E-state index in [0.29, 0.717) is 11.8 Å². The molecule has 0 bridgehead atoms. The van der Waals surface area contributed by atoms with E-state index in [0.717, 1.165) is 18.3 Å². The number of halogens is 6. The van der Waals surface area contributed by atoms with Gasteiger partial charge in [0, 0.05) is 32.4 Å². The normalized spacial score (nSPS) is 15.3. The lowest BCUT2D eigenvalue weighted by atomic mass is 10.1. The molecule has 0 unspecified atom stereocenters. The molecule has 0 aliphatic carbocycles. The van der Waals surface area contributed by atoms with Gasteiger partial charge in [-0.15, -0.1) is 0 Å². The molecule has 1 fully saturated rings. The van der Waals surface area contributed by atoms with Gasteiger partial charge in [-0.05, 0) is 45.0 Å². The number of ether oxygens (including phenoxy) is 1. The highest BCUT2D eigenvalue weighted by atomic mass is 19.4. The molecule has 1 aliphatic heterocycles. The number of piperazine rings is 1. The molecule has 3 rings (SSSR count). The number of aromatic nitrogens is 2. The maximum absolute atomic E-state index is 13.3. The standard InChI is InChI=1S/C21H23F6N5O2/c1-19(2,3)34-18(33)32-10-8-31(9-11-32)15-5-4-13(20(22,23)24)12-14(15)29-17-28-7-6-16(30-17)21(25,26)27/h4-7,12H,8-11H2,1-3H3,(H,28,29,30). The van der Waals surface area contributed by atoms with E-state index in [9.17, 15) is 31.1 Å². The van der Waals surface area contributed by atoms with Gasteiger partial charge < -0.3 is 19.9 Å². The third-order valence-corrected chi connectivity index (χ3v) is 4.79. The quantitative estimate of drug-likeness (QED) is 0.587. The van der Waals surface area contributed by atoms with Crippen LogP contribution in [0.4, 0.5) is 48.5 Å². The van der Waals surface area contributed by atoms with E-state index in [2.05, 4.69) is 15.3 Å². The van der Waals surface area contributed by atoms with Crippen LogP contribution in [-0.4, -0.2) is 52.7 Å². The van der Waals surface area contributed by atoms with Crippen molar-refractivity contribution in [3.05, 3.63) is 41.7 Å². The van der Waals surface area contributed by atoms with Crippen molar-refractivity contribution < 1.29 is 35.9 Å². The molecule has 1 aliphatic rings. The molecule has 1 aromatic heterocycles. The Kier molecular flexibility index (Phi) is 6.85. The van der Waals surface area contributed by atoms with Gasteiger partial charge in [-0.25, -0.2) is 14.8 Å². The molecular weight excluding hydrogens is 468 g/mol. The van der Waals surface area contributed by atoms with Crippen molar-refractivity contribution in [2.45, 2.75) is 38.7 Å². The van der Waals surface area contributed by atoms with Gasteiger partial charge in [0.05, 0.1) is 16.9 Å². The summed E-state index contributed by atoms with van der Waals surface area (Å²) >= 11 is 0. The van der Waals surface area contributed by atoms with Crippen LogP contribution in [0.1, 0.15) is 32.0 Å². The molecular formula is C21H23F6N5O2. The molecule has 34 heavy (non-hydrogen) atoms. The van der Waals surface area contributed by atoms with Gasteiger partial charge in [-0.1, -0.05) is 0 Å². The Bertz CT molecular complexity index is 1030. The fourth-order valence-corrected chi connectivity index (χ4v) is 3.24. The Morgan fingerprint density at radius 2 is 1.62 bits per heavy atom. The minimum absolute atomic E-state index is 0.111. The molecule has 1 saturated heterocycles. The molecule has 2 aromatic rings. The topological polar surface area (TPSA) is 70.6 Å². The second-order valence-corrected chi connectivity index (χ2v) is 8.57. The summed E-state index contributed by atoms with van der Waals surface area (Å²) in [5.41, 5.74) is -2.70. The summed E-state index contributed by atoms with van der Waals surface area (Å²) in [6.07, 6.45) is -9.05. The summed E-state index contributed by atoms with van der Waals surface area (Å²) in [7, 11) is 0. The average molecular weight is 491 g/mol. The number of anilines is 3. The molecule has 13 heteroatoms. The Labute approximate surface area is 191 Å². The predicted octanol–water partition coefficient (Wildman–Crippen LogP) is 5.31. The van der Waals surface area contributed by atoms with Crippen molar-refractivity contribution in [3.63, 3.8) is 0 Å². The van der Waals surface area contributed by atoms with Crippen LogP contribution < -0.4 is 10.2 Å². The third-order valence-electron chi connectivity index (χ3n) is 4.79. The van der Waals surface area contributed by atoms with Gasteiger partial charge in [0.15, 0.2) is 0 Å². The van der Waals surface area contributed by atoms with Crippen molar-refractivity contribution in [1.29, 1.82) is 0 Å². The summed E-state index contributed by atoms with van der Waals surface area (Å²) in [4.78, 5) is 22.5. The maximum Gasteiger partial charge on any atom is 0.433 e. The summed E-state index contributed by atoms with van der Waals surface area (Å²) in [5.74, 6) is -0.497. The van der Waals surface area contributed by atoms with Crippen molar-refractivity contribution in [2.24, 2.45) is 0 Å². The molecule has 0 atom stereocenters. The van der Waals surface area contributed by atoms with Crippen LogP contribution in [0.5, 0.6) is 0 Å². The summed E-state index contributed by atoms with van der Waals surface area (Å²) in [6.45, 7) is 6.22. The summed E-state index contributed by atoms with van der Waals surface area (Å²) < 4.78 is 84.2. The number of nitrogens with one attached hydrogen (secondary N) is 1. The van der Waals surface area contributed by atoms with E-state index < -0.39 is 41.3 Å². The van der Waals surface area contributed by atoms with Crippen LogP contribution in [0.25, 0.3) is 0 Å². The van der Waals surface area contributed by atoms with Crippen LogP contribution in [0, 0.1) is 0 Å². The van der Waals surface area contributed by atoms with Gasteiger partial charge in [-0.2, -0.15) is 26.3 Å². The van der Waals surface area contributed by atoms with Crippen LogP contribution in [0.15, 0.2) is 30.5 Å². The molecule has 7 nitrogen and oxygen atoms in total. The molecule has 0 radical (unpaired) electrons. The molecule has 1 N–H and O–H groups in total. The van der Waals surface area contributed by atoms with Crippen LogP contribution in [-0.2, 0) is 17.1 Å². The number of hydrogen-bond acceptors (Lipinski definition) is 6. The zero-order chi connectivity index (χ0) is 25.3. The number of benzene rings is 1. The maximum atomic E-state index is 13.3. The van der Waals surface area contributed by atoms with Gasteiger partial charge in [0.2, 0.25) is 5.95 Å². The number of nitrogens with zero attached hydrogens (tertiary/aromatic N) is 4. The SMILES string of the molecule is CC(C)(C)OC(=O)N1CCN(c2ccc(C(F)(F)F)cc2Nc2nccc(C(F)(F)F)n2)CC1. The molecule has 1 amide bonds. The lowest BCUT2D eigenvalue weighted by molar-refractivity contribution is -0.141. The Hall–Kier alpha value is -3.25. The number of carbonyl (C=O) groups excluding carboxylic acids is 1. The first-order valence-corrected chi connectivity index (χ1v) is 10.2. The Morgan fingerprint density at radius 3 is 2.18 bits per heavy atom. The van der Waals surface area contributed by atoms with Crippen molar-refractivity contribution >= 4 is 23.4 Å². The minimum Gasteiger partial charge on any atom is -0.444 e. The molecule has 186 valence electrons. The first kappa shape index (κ1) is 25.4. The fourth-order valence-electron chi connectivity index (χ4n) is 3.24. The summed E-state index contributed by atoms with van der Waals surface area (Å²) in [6, 6.07) is 3.56. The van der Waals surface area contributed by atoms with Gasteiger partial charge in [0.1, 0.15) is 11.3 Å². The second kappa shape index (κ2) is 9.18. The summed E-state index contributed by atoms with van der Waals surface area (Å²) in [5, 5.41) is 2.49.